The van der Waals surface area contributed by atoms with E-state index in [1.807, 2.05) is 16.8 Å². The standard InChI is InChI=1S/C14H21N3OS/c1-2-3-11(6-8-15)4-5-13-16-14(17-18-13)12-7-9-19-10-12/h7,9-11H,2-6,8,15H2,1H3. The number of hydrogen-bond acceptors (Lipinski definition) is 5. The molecule has 1 unspecified atom stereocenters. The number of thiophene rings is 1. The summed E-state index contributed by atoms with van der Waals surface area (Å²) in [6.07, 6.45) is 5.44. The molecule has 0 bridgehead atoms. The molecule has 2 aromatic heterocycles. The molecular weight excluding hydrogens is 258 g/mol. The summed E-state index contributed by atoms with van der Waals surface area (Å²) in [5.74, 6) is 2.10. The van der Waals surface area contributed by atoms with Gasteiger partial charge in [-0.2, -0.15) is 16.3 Å². The minimum Gasteiger partial charge on any atom is -0.339 e. The monoisotopic (exact) mass is 279 g/mol. The maximum atomic E-state index is 5.65. The van der Waals surface area contributed by atoms with Gasteiger partial charge < -0.3 is 10.3 Å². The second-order valence-corrected chi connectivity index (χ2v) is 5.57. The summed E-state index contributed by atoms with van der Waals surface area (Å²) >= 11 is 1.64. The Balaban J connectivity index is 1.89. The van der Waals surface area contributed by atoms with E-state index >= 15 is 0 Å². The zero-order valence-corrected chi connectivity index (χ0v) is 12.2. The molecule has 0 fully saturated rings. The normalized spacial score (nSPS) is 12.7. The van der Waals surface area contributed by atoms with Gasteiger partial charge in [0, 0.05) is 17.4 Å². The fraction of sp³-hybridized carbons (Fsp3) is 0.571. The summed E-state index contributed by atoms with van der Waals surface area (Å²) in [6, 6.07) is 2.01. The largest absolute Gasteiger partial charge is 0.339 e. The number of aromatic nitrogens is 2. The van der Waals surface area contributed by atoms with E-state index < -0.39 is 0 Å². The molecule has 19 heavy (non-hydrogen) atoms. The van der Waals surface area contributed by atoms with Crippen molar-refractivity contribution in [2.45, 2.75) is 39.0 Å². The Bertz CT molecular complexity index is 461. The zero-order valence-electron chi connectivity index (χ0n) is 11.3. The van der Waals surface area contributed by atoms with E-state index in [2.05, 4.69) is 17.1 Å². The minimum atomic E-state index is 0.673. The van der Waals surface area contributed by atoms with Crippen LogP contribution in [0.15, 0.2) is 21.3 Å². The fourth-order valence-electron chi connectivity index (χ4n) is 2.27. The van der Waals surface area contributed by atoms with Crippen LogP contribution in [-0.2, 0) is 6.42 Å². The summed E-state index contributed by atoms with van der Waals surface area (Å²) < 4.78 is 5.31. The predicted octanol–water partition coefficient (Wildman–Crippen LogP) is 3.50. The second-order valence-electron chi connectivity index (χ2n) is 4.79. The van der Waals surface area contributed by atoms with Gasteiger partial charge in [0.1, 0.15) is 0 Å². The van der Waals surface area contributed by atoms with E-state index in [0.717, 1.165) is 37.3 Å². The molecule has 2 aromatic rings. The maximum absolute atomic E-state index is 5.65. The van der Waals surface area contributed by atoms with E-state index in [1.54, 1.807) is 11.3 Å². The molecule has 1 atom stereocenters. The molecule has 0 spiro atoms. The molecule has 0 aliphatic carbocycles. The number of hydrogen-bond donors (Lipinski definition) is 1. The van der Waals surface area contributed by atoms with Gasteiger partial charge in [0.05, 0.1) is 0 Å². The molecule has 4 nitrogen and oxygen atoms in total. The fourth-order valence-corrected chi connectivity index (χ4v) is 2.90. The van der Waals surface area contributed by atoms with Gasteiger partial charge in [-0.1, -0.05) is 24.9 Å². The lowest BCUT2D eigenvalue weighted by molar-refractivity contribution is 0.349. The molecule has 5 heteroatoms. The molecule has 2 N–H and O–H groups in total. The Morgan fingerprint density at radius 1 is 1.37 bits per heavy atom. The van der Waals surface area contributed by atoms with E-state index in [1.165, 1.54) is 12.8 Å². The quantitative estimate of drug-likeness (QED) is 0.803. The van der Waals surface area contributed by atoms with Gasteiger partial charge >= 0.3 is 0 Å². The highest BCUT2D eigenvalue weighted by atomic mass is 32.1. The molecule has 104 valence electrons. The summed E-state index contributed by atoms with van der Waals surface area (Å²) in [7, 11) is 0. The Labute approximate surface area is 118 Å². The SMILES string of the molecule is CCCC(CCN)CCc1nc(-c2ccsc2)no1. The van der Waals surface area contributed by atoms with Gasteiger partial charge in [-0.3, -0.25) is 0 Å². The molecule has 0 amide bonds. The van der Waals surface area contributed by atoms with E-state index in [0.29, 0.717) is 11.7 Å². The summed E-state index contributed by atoms with van der Waals surface area (Å²) in [5.41, 5.74) is 6.68. The average molecular weight is 279 g/mol. The van der Waals surface area contributed by atoms with Crippen LogP contribution in [0.2, 0.25) is 0 Å². The molecular formula is C14H21N3OS. The van der Waals surface area contributed by atoms with Gasteiger partial charge in [-0.05, 0) is 36.8 Å². The van der Waals surface area contributed by atoms with Crippen molar-refractivity contribution in [3.8, 4) is 11.4 Å². The van der Waals surface area contributed by atoms with Gasteiger partial charge in [0.2, 0.25) is 11.7 Å². The lowest BCUT2D eigenvalue weighted by atomic mass is 9.94. The van der Waals surface area contributed by atoms with Gasteiger partial charge in [-0.15, -0.1) is 0 Å². The predicted molar refractivity (Wildman–Crippen MR) is 78.0 cm³/mol. The van der Waals surface area contributed by atoms with Gasteiger partial charge in [0.25, 0.3) is 0 Å². The van der Waals surface area contributed by atoms with Crippen molar-refractivity contribution in [3.05, 3.63) is 22.7 Å². The summed E-state index contributed by atoms with van der Waals surface area (Å²) in [5, 5.41) is 8.07. The van der Waals surface area contributed by atoms with E-state index in [4.69, 9.17) is 10.3 Å². The Morgan fingerprint density at radius 2 is 2.26 bits per heavy atom. The topological polar surface area (TPSA) is 64.9 Å². The van der Waals surface area contributed by atoms with Crippen molar-refractivity contribution in [3.63, 3.8) is 0 Å². The zero-order chi connectivity index (χ0) is 13.5. The highest BCUT2D eigenvalue weighted by molar-refractivity contribution is 7.08. The highest BCUT2D eigenvalue weighted by Gasteiger charge is 2.12. The smallest absolute Gasteiger partial charge is 0.226 e. The van der Waals surface area contributed by atoms with Crippen molar-refractivity contribution in [2.24, 2.45) is 11.7 Å². The van der Waals surface area contributed by atoms with Crippen molar-refractivity contribution in [1.82, 2.24) is 10.1 Å². The lowest BCUT2D eigenvalue weighted by Crippen LogP contribution is -2.09. The van der Waals surface area contributed by atoms with Crippen molar-refractivity contribution >= 4 is 11.3 Å². The molecule has 0 radical (unpaired) electrons. The van der Waals surface area contributed by atoms with Gasteiger partial charge in [0.15, 0.2) is 0 Å². The van der Waals surface area contributed by atoms with Crippen molar-refractivity contribution in [1.29, 1.82) is 0 Å². The van der Waals surface area contributed by atoms with Crippen LogP contribution in [0.5, 0.6) is 0 Å². The second kappa shape index (κ2) is 7.40. The molecule has 0 saturated carbocycles. The lowest BCUT2D eigenvalue weighted by Gasteiger charge is -2.13. The van der Waals surface area contributed by atoms with Crippen LogP contribution in [-0.4, -0.2) is 16.7 Å². The van der Waals surface area contributed by atoms with Crippen LogP contribution in [0.4, 0.5) is 0 Å². The third-order valence-electron chi connectivity index (χ3n) is 3.29. The number of rotatable bonds is 8. The van der Waals surface area contributed by atoms with Crippen LogP contribution in [0.1, 0.15) is 38.5 Å². The van der Waals surface area contributed by atoms with Crippen LogP contribution >= 0.6 is 11.3 Å². The Morgan fingerprint density at radius 3 is 2.95 bits per heavy atom. The summed E-state index contributed by atoms with van der Waals surface area (Å²) in [6.45, 7) is 2.97. The first-order valence-corrected chi connectivity index (χ1v) is 7.83. The Kier molecular flexibility index (Phi) is 5.54. The van der Waals surface area contributed by atoms with E-state index in [-0.39, 0.29) is 0 Å². The van der Waals surface area contributed by atoms with Gasteiger partial charge in [-0.25, -0.2) is 0 Å². The summed E-state index contributed by atoms with van der Waals surface area (Å²) in [4.78, 5) is 4.44. The highest BCUT2D eigenvalue weighted by Crippen LogP contribution is 2.21. The van der Waals surface area contributed by atoms with Crippen molar-refractivity contribution in [2.75, 3.05) is 6.54 Å². The third kappa shape index (κ3) is 4.14. The van der Waals surface area contributed by atoms with Crippen LogP contribution in [0.3, 0.4) is 0 Å². The number of nitrogens with zero attached hydrogens (tertiary/aromatic N) is 2. The first-order chi connectivity index (χ1) is 9.33. The first kappa shape index (κ1) is 14.2. The first-order valence-electron chi connectivity index (χ1n) is 6.88. The molecule has 0 aliphatic heterocycles. The molecule has 0 aromatic carbocycles. The molecule has 2 rings (SSSR count). The number of aryl methyl sites for hydroxylation is 1. The number of nitrogens with two attached hydrogens (primary N) is 1. The Hall–Kier alpha value is -1.20. The van der Waals surface area contributed by atoms with E-state index in [9.17, 15) is 0 Å². The van der Waals surface area contributed by atoms with Crippen molar-refractivity contribution < 1.29 is 4.52 Å². The molecule has 2 heterocycles. The minimum absolute atomic E-state index is 0.673. The van der Waals surface area contributed by atoms with Crippen LogP contribution in [0.25, 0.3) is 11.4 Å². The molecule has 0 saturated heterocycles. The van der Waals surface area contributed by atoms with Crippen LogP contribution < -0.4 is 5.73 Å². The average Bonchev–Trinajstić information content (AvgIpc) is 3.07. The van der Waals surface area contributed by atoms with Crippen LogP contribution in [0, 0.1) is 5.92 Å². The third-order valence-corrected chi connectivity index (χ3v) is 3.97. The molecule has 0 aliphatic rings. The maximum Gasteiger partial charge on any atom is 0.226 e.